The van der Waals surface area contributed by atoms with Gasteiger partial charge in [0.05, 0.1) is 44.1 Å². The average molecular weight is 677 g/mol. The number of halogens is 1. The molecule has 0 saturated heterocycles. The van der Waals surface area contributed by atoms with E-state index in [1.165, 1.54) is 6.20 Å². The monoisotopic (exact) mass is 675 g/mol. The molecule has 0 aliphatic carbocycles. The molecule has 236 valence electrons. The molecular formula is C27H34BrN9O7. The first-order valence-electron chi connectivity index (χ1n) is 13.4. The largest absolute Gasteiger partial charge is 0.461 e. The number of nitrogens with two attached hydrogens (primary N) is 1. The number of anilines is 1. The SMILES string of the molecule is CCOC(=O)C(=O)CBr.CCOC(=O)c1cn2c(n1)CNCC2.CCOC(=O)c1cn2ccncc2n1.Nc1cnccn1. The van der Waals surface area contributed by atoms with Crippen LogP contribution in [0, 0.1) is 0 Å². The van der Waals surface area contributed by atoms with Crippen LogP contribution in [0.3, 0.4) is 0 Å². The van der Waals surface area contributed by atoms with E-state index >= 15 is 0 Å². The number of aromatic nitrogens is 7. The van der Waals surface area contributed by atoms with Crippen molar-refractivity contribution in [3.05, 3.63) is 66.8 Å². The molecule has 5 heterocycles. The van der Waals surface area contributed by atoms with Gasteiger partial charge in [-0.3, -0.25) is 14.8 Å². The van der Waals surface area contributed by atoms with Gasteiger partial charge in [-0.1, -0.05) is 15.9 Å². The fourth-order valence-electron chi connectivity index (χ4n) is 3.22. The third kappa shape index (κ3) is 11.8. The lowest BCUT2D eigenvalue weighted by atomic mass is 10.4. The number of ketones is 1. The quantitative estimate of drug-likeness (QED) is 0.124. The molecule has 44 heavy (non-hydrogen) atoms. The fourth-order valence-corrected chi connectivity index (χ4v) is 3.44. The van der Waals surface area contributed by atoms with Crippen molar-refractivity contribution in [2.45, 2.75) is 33.9 Å². The lowest BCUT2D eigenvalue weighted by Crippen LogP contribution is -2.27. The minimum Gasteiger partial charge on any atom is -0.461 e. The van der Waals surface area contributed by atoms with Crippen molar-refractivity contribution in [1.82, 2.24) is 39.2 Å². The third-order valence-electron chi connectivity index (χ3n) is 5.11. The van der Waals surface area contributed by atoms with E-state index in [9.17, 15) is 19.2 Å². The van der Waals surface area contributed by atoms with Crippen molar-refractivity contribution in [3.63, 3.8) is 0 Å². The lowest BCUT2D eigenvalue weighted by molar-refractivity contribution is -0.152. The van der Waals surface area contributed by atoms with Gasteiger partial charge in [-0.15, -0.1) is 0 Å². The van der Waals surface area contributed by atoms with Crippen LogP contribution in [0.1, 0.15) is 47.6 Å². The number of ether oxygens (including phenoxy) is 3. The van der Waals surface area contributed by atoms with Crippen LogP contribution in [-0.4, -0.2) is 89.3 Å². The molecule has 0 fully saturated rings. The zero-order valence-corrected chi connectivity index (χ0v) is 26.1. The van der Waals surface area contributed by atoms with Crippen molar-refractivity contribution >= 4 is 51.1 Å². The Morgan fingerprint density at radius 3 is 2.09 bits per heavy atom. The molecule has 17 heteroatoms. The van der Waals surface area contributed by atoms with Gasteiger partial charge in [0.15, 0.2) is 17.0 Å². The average Bonchev–Trinajstić information content (AvgIpc) is 3.67. The number of Topliss-reactive ketones (excluding diaryl/α,β-unsaturated/α-hetero) is 1. The van der Waals surface area contributed by atoms with Crippen LogP contribution in [0.25, 0.3) is 5.65 Å². The molecule has 0 aromatic carbocycles. The summed E-state index contributed by atoms with van der Waals surface area (Å²) in [7, 11) is 0. The number of carbonyl (C=O) groups is 4. The number of carbonyl (C=O) groups excluding carboxylic acids is 4. The summed E-state index contributed by atoms with van der Waals surface area (Å²) in [4.78, 5) is 62.9. The molecule has 0 spiro atoms. The maximum Gasteiger partial charge on any atom is 0.375 e. The van der Waals surface area contributed by atoms with Gasteiger partial charge in [0, 0.05) is 50.3 Å². The highest BCUT2D eigenvalue weighted by molar-refractivity contribution is 9.09. The van der Waals surface area contributed by atoms with Crippen LogP contribution in [0.15, 0.2) is 49.6 Å². The summed E-state index contributed by atoms with van der Waals surface area (Å²) < 4.78 is 17.8. The van der Waals surface area contributed by atoms with Gasteiger partial charge in [-0.25, -0.2) is 29.3 Å². The summed E-state index contributed by atoms with van der Waals surface area (Å²) in [6, 6.07) is 0. The van der Waals surface area contributed by atoms with Gasteiger partial charge in [0.25, 0.3) is 0 Å². The highest BCUT2D eigenvalue weighted by Gasteiger charge is 2.17. The highest BCUT2D eigenvalue weighted by Crippen LogP contribution is 2.08. The molecule has 0 bridgehead atoms. The van der Waals surface area contributed by atoms with Crippen molar-refractivity contribution in [2.24, 2.45) is 0 Å². The Hall–Kier alpha value is -4.77. The van der Waals surface area contributed by atoms with Gasteiger partial charge in [0.2, 0.25) is 5.78 Å². The Morgan fingerprint density at radius 2 is 1.57 bits per heavy atom. The summed E-state index contributed by atoms with van der Waals surface area (Å²) in [5, 5.41) is 3.22. The van der Waals surface area contributed by atoms with E-state index in [1.807, 2.05) is 4.57 Å². The van der Waals surface area contributed by atoms with Crippen LogP contribution in [-0.2, 0) is 36.9 Å². The van der Waals surface area contributed by atoms with Crippen LogP contribution < -0.4 is 11.1 Å². The summed E-state index contributed by atoms with van der Waals surface area (Å²) >= 11 is 2.83. The maximum atomic E-state index is 11.3. The van der Waals surface area contributed by atoms with E-state index in [0.717, 1.165) is 25.5 Å². The first-order chi connectivity index (χ1) is 21.2. The normalized spacial score (nSPS) is 11.2. The topological polar surface area (TPSA) is 208 Å². The minimum absolute atomic E-state index is 0.0336. The van der Waals surface area contributed by atoms with Crippen LogP contribution >= 0.6 is 15.9 Å². The lowest BCUT2D eigenvalue weighted by Gasteiger charge is -2.13. The predicted octanol–water partition coefficient (Wildman–Crippen LogP) is 1.64. The number of fused-ring (bicyclic) bond motifs is 2. The summed E-state index contributed by atoms with van der Waals surface area (Å²) in [5.74, 6) is -0.696. The Bertz CT molecular complexity index is 1440. The smallest absolute Gasteiger partial charge is 0.375 e. The molecular weight excluding hydrogens is 642 g/mol. The number of nitrogens with one attached hydrogen (secondary N) is 1. The second-order valence-electron chi connectivity index (χ2n) is 8.23. The molecule has 0 radical (unpaired) electrons. The number of nitrogens with zero attached hydrogens (tertiary/aromatic N) is 7. The number of rotatable bonds is 7. The number of hydrogen-bond acceptors (Lipinski definition) is 14. The molecule has 0 saturated carbocycles. The molecule has 0 atom stereocenters. The van der Waals surface area contributed by atoms with Crippen molar-refractivity contribution in [1.29, 1.82) is 0 Å². The van der Waals surface area contributed by atoms with Gasteiger partial charge in [-0.2, -0.15) is 0 Å². The van der Waals surface area contributed by atoms with Gasteiger partial charge in [-0.05, 0) is 20.8 Å². The van der Waals surface area contributed by atoms with Gasteiger partial charge >= 0.3 is 17.9 Å². The molecule has 1 aliphatic rings. The molecule has 1 aliphatic heterocycles. The fraction of sp³-hybridized carbons (Fsp3) is 0.370. The van der Waals surface area contributed by atoms with E-state index in [-0.39, 0.29) is 17.9 Å². The predicted molar refractivity (Wildman–Crippen MR) is 161 cm³/mol. The maximum absolute atomic E-state index is 11.3. The van der Waals surface area contributed by atoms with E-state index in [4.69, 9.17) is 15.2 Å². The van der Waals surface area contributed by atoms with E-state index in [2.05, 4.69) is 50.9 Å². The minimum atomic E-state index is -0.769. The molecule has 0 unspecified atom stereocenters. The number of hydrogen-bond donors (Lipinski definition) is 2. The van der Waals surface area contributed by atoms with Gasteiger partial charge in [0.1, 0.15) is 11.6 Å². The summed E-state index contributed by atoms with van der Waals surface area (Å²) in [6.45, 7) is 8.69. The molecule has 0 amide bonds. The van der Waals surface area contributed by atoms with E-state index in [0.29, 0.717) is 36.1 Å². The van der Waals surface area contributed by atoms with E-state index in [1.54, 1.807) is 68.5 Å². The summed E-state index contributed by atoms with van der Waals surface area (Å²) in [6.07, 6.45) is 13.0. The van der Waals surface area contributed by atoms with Crippen LogP contribution in [0.2, 0.25) is 0 Å². The second-order valence-corrected chi connectivity index (χ2v) is 8.79. The third-order valence-corrected chi connectivity index (χ3v) is 5.62. The molecule has 4 aromatic heterocycles. The molecule has 4 aromatic rings. The Kier molecular flexibility index (Phi) is 15.6. The number of nitrogen functional groups attached to an aromatic ring is 1. The zero-order chi connectivity index (χ0) is 32.3. The molecule has 3 N–H and O–H groups in total. The van der Waals surface area contributed by atoms with Crippen molar-refractivity contribution in [2.75, 3.05) is 37.4 Å². The van der Waals surface area contributed by atoms with Crippen molar-refractivity contribution in [3.8, 4) is 0 Å². The number of alkyl halides is 1. The number of esters is 3. The number of imidazole rings is 2. The van der Waals surface area contributed by atoms with E-state index < -0.39 is 17.7 Å². The first-order valence-corrected chi connectivity index (χ1v) is 14.5. The second kappa shape index (κ2) is 19.4. The van der Waals surface area contributed by atoms with Crippen LogP contribution in [0.5, 0.6) is 0 Å². The molecule has 5 rings (SSSR count). The zero-order valence-electron chi connectivity index (χ0n) is 24.5. The van der Waals surface area contributed by atoms with Crippen molar-refractivity contribution < 1.29 is 33.4 Å². The Balaban J connectivity index is 0.000000213. The Morgan fingerprint density at radius 1 is 0.909 bits per heavy atom. The Labute approximate surface area is 261 Å². The summed E-state index contributed by atoms with van der Waals surface area (Å²) in [5.41, 5.74) is 6.53. The standard InChI is InChI=1S/C9H13N3O2.C9H9N3O2.C5H7BrO3.C4H5N3/c2*1-2-14-9(13)7-6-12-4-3-10-5-8(12)11-7;1-2-9-5(8)4(7)3-6;5-4-3-6-1-2-7-4/h6,10H,2-5H2,1H3;3-6H,2H2,1H3;2-3H2,1H3;1-3H,(H2,5,7). The first kappa shape index (κ1) is 35.4. The van der Waals surface area contributed by atoms with Gasteiger partial charge < -0.3 is 34.2 Å². The van der Waals surface area contributed by atoms with Crippen LogP contribution in [0.4, 0.5) is 5.82 Å². The highest BCUT2D eigenvalue weighted by atomic mass is 79.9. The molecule has 16 nitrogen and oxygen atoms in total.